The van der Waals surface area contributed by atoms with Crippen molar-refractivity contribution < 1.29 is 14.3 Å². The maximum Gasteiger partial charge on any atom is 0.311 e. The van der Waals surface area contributed by atoms with Gasteiger partial charge in [0.1, 0.15) is 5.82 Å². The van der Waals surface area contributed by atoms with Crippen LogP contribution in [-0.2, 0) is 4.79 Å². The summed E-state index contributed by atoms with van der Waals surface area (Å²) in [5.41, 5.74) is 1.11. The van der Waals surface area contributed by atoms with Gasteiger partial charge in [0.15, 0.2) is 0 Å². The molecule has 1 N–H and O–H groups in total. The molecule has 130 valence electrons. The summed E-state index contributed by atoms with van der Waals surface area (Å²) < 4.78 is 14.2. The molecule has 5 nitrogen and oxygen atoms in total. The zero-order valence-corrected chi connectivity index (χ0v) is 14.1. The van der Waals surface area contributed by atoms with E-state index in [2.05, 4.69) is 9.97 Å². The highest BCUT2D eigenvalue weighted by Crippen LogP contribution is 2.49. The van der Waals surface area contributed by atoms with Crippen LogP contribution >= 0.6 is 0 Å². The predicted molar refractivity (Wildman–Crippen MR) is 91.8 cm³/mol. The summed E-state index contributed by atoms with van der Waals surface area (Å²) in [6, 6.07) is 6.54. The fraction of sp³-hybridized carbons (Fsp3) is 0.421. The molecular formula is C19H20FN3O2. The van der Waals surface area contributed by atoms with Gasteiger partial charge in [-0.1, -0.05) is 18.6 Å². The Labute approximate surface area is 145 Å². The van der Waals surface area contributed by atoms with E-state index in [9.17, 15) is 14.3 Å². The Morgan fingerprint density at radius 2 is 2.20 bits per heavy atom. The molecule has 2 atom stereocenters. The molecule has 2 aliphatic rings. The SMILES string of the molecule is Cc1cnc(N2C[C@@H]3CCC[C@@]3(C(=O)O)C2)nc1-c1ccccc1F. The zero-order chi connectivity index (χ0) is 17.6. The van der Waals surface area contributed by atoms with Gasteiger partial charge in [0.05, 0.1) is 11.1 Å². The lowest BCUT2D eigenvalue weighted by atomic mass is 9.81. The molecule has 0 radical (unpaired) electrons. The van der Waals surface area contributed by atoms with Crippen LogP contribution in [0.5, 0.6) is 0 Å². The molecule has 6 heteroatoms. The molecule has 1 aliphatic carbocycles. The zero-order valence-electron chi connectivity index (χ0n) is 14.1. The number of hydrogen-bond donors (Lipinski definition) is 1. The van der Waals surface area contributed by atoms with E-state index < -0.39 is 11.4 Å². The average molecular weight is 341 g/mol. The first-order valence-corrected chi connectivity index (χ1v) is 8.58. The van der Waals surface area contributed by atoms with E-state index in [1.807, 2.05) is 11.8 Å². The van der Waals surface area contributed by atoms with Crippen molar-refractivity contribution in [2.45, 2.75) is 26.2 Å². The van der Waals surface area contributed by atoms with E-state index in [4.69, 9.17) is 0 Å². The second-order valence-electron chi connectivity index (χ2n) is 7.11. The van der Waals surface area contributed by atoms with Gasteiger partial charge in [-0.05, 0) is 43.4 Å². The predicted octanol–water partition coefficient (Wildman–Crippen LogP) is 3.28. The van der Waals surface area contributed by atoms with Crippen LogP contribution in [0.3, 0.4) is 0 Å². The fourth-order valence-electron chi connectivity index (χ4n) is 4.30. The smallest absolute Gasteiger partial charge is 0.311 e. The average Bonchev–Trinajstić information content (AvgIpc) is 3.14. The van der Waals surface area contributed by atoms with Gasteiger partial charge in [-0.2, -0.15) is 0 Å². The first-order chi connectivity index (χ1) is 12.0. The summed E-state index contributed by atoms with van der Waals surface area (Å²) in [5.74, 6) is -0.430. The van der Waals surface area contributed by atoms with Crippen molar-refractivity contribution in [3.8, 4) is 11.3 Å². The minimum absolute atomic E-state index is 0.131. The fourth-order valence-corrected chi connectivity index (χ4v) is 4.30. The van der Waals surface area contributed by atoms with Crippen molar-refractivity contribution in [1.82, 2.24) is 9.97 Å². The standard InChI is InChI=1S/C19H20FN3O2/c1-12-9-21-18(22-16(12)14-6-2-3-7-15(14)20)23-10-13-5-4-8-19(13,11-23)17(24)25/h2-3,6-7,9,13H,4-5,8,10-11H2,1H3,(H,24,25)/t13-,19+/m0/s1. The van der Waals surface area contributed by atoms with E-state index in [1.165, 1.54) is 6.07 Å². The number of rotatable bonds is 3. The van der Waals surface area contributed by atoms with Crippen molar-refractivity contribution >= 4 is 11.9 Å². The van der Waals surface area contributed by atoms with Crippen molar-refractivity contribution in [3.05, 3.63) is 41.8 Å². The normalized spacial score (nSPS) is 25.2. The molecule has 1 saturated heterocycles. The molecule has 1 aromatic heterocycles. The molecule has 2 heterocycles. The monoisotopic (exact) mass is 341 g/mol. The van der Waals surface area contributed by atoms with Crippen molar-refractivity contribution in [3.63, 3.8) is 0 Å². The van der Waals surface area contributed by atoms with E-state index >= 15 is 0 Å². The van der Waals surface area contributed by atoms with Crippen LogP contribution in [0.15, 0.2) is 30.5 Å². The van der Waals surface area contributed by atoms with Crippen LogP contribution in [0.4, 0.5) is 10.3 Å². The minimum atomic E-state index is -0.723. The van der Waals surface area contributed by atoms with Gasteiger partial charge in [0.2, 0.25) is 5.95 Å². The van der Waals surface area contributed by atoms with Gasteiger partial charge in [-0.15, -0.1) is 0 Å². The molecule has 1 saturated carbocycles. The summed E-state index contributed by atoms with van der Waals surface area (Å²) in [7, 11) is 0. The van der Waals surface area contributed by atoms with E-state index in [0.717, 1.165) is 18.4 Å². The second kappa shape index (κ2) is 5.79. The molecular weight excluding hydrogens is 321 g/mol. The quantitative estimate of drug-likeness (QED) is 0.928. The number of hydrogen-bond acceptors (Lipinski definition) is 4. The van der Waals surface area contributed by atoms with Gasteiger partial charge in [-0.25, -0.2) is 14.4 Å². The van der Waals surface area contributed by atoms with Crippen LogP contribution in [0.1, 0.15) is 24.8 Å². The van der Waals surface area contributed by atoms with Crippen LogP contribution in [0, 0.1) is 24.1 Å². The van der Waals surface area contributed by atoms with Gasteiger partial charge in [0.25, 0.3) is 0 Å². The molecule has 1 aromatic carbocycles. The molecule has 4 rings (SSSR count). The number of carbonyl (C=O) groups is 1. The molecule has 25 heavy (non-hydrogen) atoms. The van der Waals surface area contributed by atoms with Crippen LogP contribution in [0.2, 0.25) is 0 Å². The van der Waals surface area contributed by atoms with Crippen LogP contribution in [-0.4, -0.2) is 34.1 Å². The van der Waals surface area contributed by atoms with Gasteiger partial charge in [-0.3, -0.25) is 4.79 Å². The highest BCUT2D eigenvalue weighted by atomic mass is 19.1. The van der Waals surface area contributed by atoms with E-state index in [1.54, 1.807) is 24.4 Å². The number of aliphatic carboxylic acids is 1. The van der Waals surface area contributed by atoms with E-state index in [0.29, 0.717) is 36.7 Å². The Bertz CT molecular complexity index is 841. The number of anilines is 1. The summed E-state index contributed by atoms with van der Waals surface area (Å²) in [5, 5.41) is 9.73. The van der Waals surface area contributed by atoms with Crippen LogP contribution in [0.25, 0.3) is 11.3 Å². The Morgan fingerprint density at radius 1 is 1.40 bits per heavy atom. The largest absolute Gasteiger partial charge is 0.481 e. The Balaban J connectivity index is 1.70. The van der Waals surface area contributed by atoms with E-state index in [-0.39, 0.29) is 11.7 Å². The Kier molecular flexibility index (Phi) is 3.71. The number of fused-ring (bicyclic) bond motifs is 1. The Hall–Kier alpha value is -2.50. The van der Waals surface area contributed by atoms with Crippen molar-refractivity contribution in [1.29, 1.82) is 0 Å². The van der Waals surface area contributed by atoms with Crippen molar-refractivity contribution in [2.75, 3.05) is 18.0 Å². The third-order valence-electron chi connectivity index (χ3n) is 5.67. The molecule has 0 spiro atoms. The molecule has 2 fully saturated rings. The number of aryl methyl sites for hydroxylation is 1. The number of benzene rings is 1. The number of aromatic nitrogens is 2. The summed E-state index contributed by atoms with van der Waals surface area (Å²) in [6.45, 7) is 2.92. The summed E-state index contributed by atoms with van der Waals surface area (Å²) in [6.07, 6.45) is 4.27. The highest BCUT2D eigenvalue weighted by Gasteiger charge is 2.55. The third kappa shape index (κ3) is 2.47. The molecule has 0 unspecified atom stereocenters. The maximum atomic E-state index is 14.2. The van der Waals surface area contributed by atoms with Gasteiger partial charge >= 0.3 is 5.97 Å². The topological polar surface area (TPSA) is 66.3 Å². The number of nitrogens with zero attached hydrogens (tertiary/aromatic N) is 3. The Morgan fingerprint density at radius 3 is 2.92 bits per heavy atom. The molecule has 2 aromatic rings. The number of carboxylic acid groups (broad SMARTS) is 1. The second-order valence-corrected chi connectivity index (χ2v) is 7.11. The lowest BCUT2D eigenvalue weighted by Crippen LogP contribution is -2.36. The minimum Gasteiger partial charge on any atom is -0.481 e. The third-order valence-corrected chi connectivity index (χ3v) is 5.67. The van der Waals surface area contributed by atoms with Gasteiger partial charge < -0.3 is 10.0 Å². The molecule has 0 bridgehead atoms. The van der Waals surface area contributed by atoms with Gasteiger partial charge in [0, 0.05) is 24.8 Å². The molecule has 0 amide bonds. The summed E-state index contributed by atoms with van der Waals surface area (Å²) >= 11 is 0. The lowest BCUT2D eigenvalue weighted by molar-refractivity contribution is -0.149. The number of carboxylic acids is 1. The van der Waals surface area contributed by atoms with Crippen molar-refractivity contribution in [2.24, 2.45) is 11.3 Å². The summed E-state index contributed by atoms with van der Waals surface area (Å²) in [4.78, 5) is 22.8. The lowest BCUT2D eigenvalue weighted by Gasteiger charge is -2.23. The first kappa shape index (κ1) is 16.0. The first-order valence-electron chi connectivity index (χ1n) is 8.58. The highest BCUT2D eigenvalue weighted by molar-refractivity contribution is 5.77. The number of halogens is 1. The van der Waals surface area contributed by atoms with Crippen LogP contribution < -0.4 is 4.90 Å². The maximum absolute atomic E-state index is 14.2. The molecule has 1 aliphatic heterocycles.